The first-order chi connectivity index (χ1) is 8.92. The summed E-state index contributed by atoms with van der Waals surface area (Å²) in [5, 5.41) is 0. The van der Waals surface area contributed by atoms with Crippen LogP contribution in [0.5, 0.6) is 0 Å². The third kappa shape index (κ3) is 1.61. The van der Waals surface area contributed by atoms with Crippen LogP contribution >= 0.6 is 0 Å². The van der Waals surface area contributed by atoms with Crippen molar-refractivity contribution in [3.8, 4) is 0 Å². The number of epoxide rings is 1. The molecule has 0 bridgehead atoms. The Morgan fingerprint density at radius 3 is 2.58 bits per heavy atom. The van der Waals surface area contributed by atoms with Crippen molar-refractivity contribution in [3.05, 3.63) is 29.8 Å². The zero-order valence-corrected chi connectivity index (χ0v) is 11.9. The van der Waals surface area contributed by atoms with Crippen LogP contribution in [-0.4, -0.2) is 36.5 Å². The van der Waals surface area contributed by atoms with E-state index in [2.05, 4.69) is 6.92 Å². The average Bonchev–Trinajstić information content (AvgIpc) is 3.18. The number of fused-ring (bicyclic) bond motifs is 2. The highest BCUT2D eigenvalue weighted by Gasteiger charge is 2.69. The highest BCUT2D eigenvalue weighted by molar-refractivity contribution is 7.89. The second kappa shape index (κ2) is 3.40. The van der Waals surface area contributed by atoms with Crippen molar-refractivity contribution in [2.75, 3.05) is 0 Å². The van der Waals surface area contributed by atoms with E-state index in [-0.39, 0.29) is 23.8 Å². The molecular weight excluding hydrogens is 262 g/mol. The summed E-state index contributed by atoms with van der Waals surface area (Å²) in [6.45, 7) is 4.04. The van der Waals surface area contributed by atoms with Gasteiger partial charge >= 0.3 is 0 Å². The van der Waals surface area contributed by atoms with Crippen LogP contribution in [0.4, 0.5) is 0 Å². The van der Waals surface area contributed by atoms with Crippen LogP contribution in [0, 0.1) is 6.92 Å². The molecule has 2 saturated heterocycles. The molecule has 1 aromatic carbocycles. The first-order valence-electron chi connectivity index (χ1n) is 6.70. The van der Waals surface area contributed by atoms with Gasteiger partial charge in [-0.2, -0.15) is 4.31 Å². The van der Waals surface area contributed by atoms with Gasteiger partial charge in [-0.25, -0.2) is 8.42 Å². The molecule has 0 aromatic heterocycles. The number of aryl methyl sites for hydroxylation is 1. The largest absolute Gasteiger partial charge is 0.366 e. The fourth-order valence-corrected chi connectivity index (χ4v) is 5.21. The first-order valence-corrected chi connectivity index (χ1v) is 8.14. The summed E-state index contributed by atoms with van der Waals surface area (Å²) in [6, 6.07) is 7.41. The van der Waals surface area contributed by atoms with Crippen LogP contribution in [0.3, 0.4) is 0 Å². The maximum atomic E-state index is 12.6. The van der Waals surface area contributed by atoms with Crippen LogP contribution in [-0.2, 0) is 14.8 Å². The molecule has 3 fully saturated rings. The van der Waals surface area contributed by atoms with E-state index >= 15 is 0 Å². The molecule has 1 unspecified atom stereocenters. The molecule has 102 valence electrons. The van der Waals surface area contributed by atoms with Crippen molar-refractivity contribution in [2.45, 2.75) is 55.4 Å². The summed E-state index contributed by atoms with van der Waals surface area (Å²) in [5.41, 5.74) is 1.02. The summed E-state index contributed by atoms with van der Waals surface area (Å²) < 4.78 is 32.5. The summed E-state index contributed by atoms with van der Waals surface area (Å²) in [6.07, 6.45) is 1.96. The van der Waals surface area contributed by atoms with Crippen LogP contribution in [0.15, 0.2) is 29.2 Å². The Labute approximate surface area is 113 Å². The zero-order valence-electron chi connectivity index (χ0n) is 11.0. The average molecular weight is 279 g/mol. The minimum Gasteiger partial charge on any atom is -0.366 e. The zero-order chi connectivity index (χ0) is 13.4. The topological polar surface area (TPSA) is 49.7 Å². The van der Waals surface area contributed by atoms with Gasteiger partial charge in [0.1, 0.15) is 0 Å². The number of rotatable bonds is 2. The van der Waals surface area contributed by atoms with E-state index in [9.17, 15) is 8.42 Å². The standard InChI is InChI=1S/C14H17NO3S/c1-9-3-5-10(6-4-9)19(16,17)15-11-7-13-14(2,18-13)8-12(11)15/h3-6,11-13H,7-8H2,1-2H3/t11-,12+,13-,14+,15?/m1/s1. The van der Waals surface area contributed by atoms with E-state index in [1.807, 2.05) is 19.1 Å². The molecule has 2 aliphatic heterocycles. The highest BCUT2D eigenvalue weighted by atomic mass is 32.2. The Morgan fingerprint density at radius 2 is 1.95 bits per heavy atom. The normalized spacial score (nSPS) is 43.3. The van der Waals surface area contributed by atoms with Gasteiger partial charge < -0.3 is 4.74 Å². The lowest BCUT2D eigenvalue weighted by Crippen LogP contribution is -2.20. The second-order valence-electron chi connectivity index (χ2n) is 6.14. The minimum atomic E-state index is -3.32. The van der Waals surface area contributed by atoms with E-state index < -0.39 is 10.0 Å². The van der Waals surface area contributed by atoms with E-state index in [1.165, 1.54) is 0 Å². The third-order valence-corrected chi connectivity index (χ3v) is 6.67. The van der Waals surface area contributed by atoms with Crippen molar-refractivity contribution >= 4 is 10.0 Å². The molecule has 1 saturated carbocycles. The molecule has 0 radical (unpaired) electrons. The predicted molar refractivity (Wildman–Crippen MR) is 70.3 cm³/mol. The number of nitrogens with zero attached hydrogens (tertiary/aromatic N) is 1. The first kappa shape index (κ1) is 11.9. The number of benzene rings is 1. The summed E-state index contributed by atoms with van der Waals surface area (Å²) in [5.74, 6) is 0. The molecule has 19 heavy (non-hydrogen) atoms. The second-order valence-corrected chi connectivity index (χ2v) is 7.98. The molecule has 0 N–H and O–H groups in total. The maximum absolute atomic E-state index is 12.6. The molecule has 0 amide bonds. The van der Waals surface area contributed by atoms with Gasteiger partial charge in [0.2, 0.25) is 10.0 Å². The molecule has 5 atom stereocenters. The molecular formula is C14H17NO3S. The molecule has 4 nitrogen and oxygen atoms in total. The number of sulfonamides is 1. The smallest absolute Gasteiger partial charge is 0.243 e. The predicted octanol–water partition coefficient (Wildman–Crippen LogP) is 1.69. The van der Waals surface area contributed by atoms with Gasteiger partial charge in [-0.3, -0.25) is 0 Å². The Balaban J connectivity index is 1.62. The summed E-state index contributed by atoms with van der Waals surface area (Å²) in [4.78, 5) is 0.409. The fourth-order valence-electron chi connectivity index (χ4n) is 3.39. The summed E-state index contributed by atoms with van der Waals surface area (Å²) in [7, 11) is -3.32. The van der Waals surface area contributed by atoms with Crippen LogP contribution in [0.25, 0.3) is 0 Å². The van der Waals surface area contributed by atoms with E-state index in [0.717, 1.165) is 18.4 Å². The van der Waals surface area contributed by atoms with E-state index in [4.69, 9.17) is 4.74 Å². The molecule has 0 spiro atoms. The van der Waals surface area contributed by atoms with Gasteiger partial charge in [0.15, 0.2) is 0 Å². The van der Waals surface area contributed by atoms with Crippen molar-refractivity contribution < 1.29 is 13.2 Å². The molecule has 2 heterocycles. The number of hydrogen-bond donors (Lipinski definition) is 0. The van der Waals surface area contributed by atoms with Crippen molar-refractivity contribution in [2.24, 2.45) is 0 Å². The van der Waals surface area contributed by atoms with Crippen LogP contribution < -0.4 is 0 Å². The van der Waals surface area contributed by atoms with Gasteiger partial charge in [0.05, 0.1) is 16.6 Å². The lowest BCUT2D eigenvalue weighted by molar-refractivity contribution is 0.294. The number of ether oxygens (including phenoxy) is 1. The maximum Gasteiger partial charge on any atom is 0.243 e. The fraction of sp³-hybridized carbons (Fsp3) is 0.571. The van der Waals surface area contributed by atoms with E-state index in [0.29, 0.717) is 4.90 Å². The lowest BCUT2D eigenvalue weighted by atomic mass is 9.91. The Kier molecular flexibility index (Phi) is 2.12. The highest BCUT2D eigenvalue weighted by Crippen LogP contribution is 2.57. The third-order valence-electron chi connectivity index (χ3n) is 4.71. The van der Waals surface area contributed by atoms with Crippen LogP contribution in [0.1, 0.15) is 25.3 Å². The summed E-state index contributed by atoms with van der Waals surface area (Å²) >= 11 is 0. The Hall–Kier alpha value is -0.910. The molecule has 1 aromatic rings. The van der Waals surface area contributed by atoms with Crippen LogP contribution in [0.2, 0.25) is 0 Å². The van der Waals surface area contributed by atoms with Gasteiger partial charge in [0, 0.05) is 12.1 Å². The minimum absolute atomic E-state index is 0.0568. The SMILES string of the molecule is Cc1ccc(S(=O)(=O)N2[C@@H]3C[C@H]4O[C@@]4(C)C[C@@H]32)cc1. The number of hydrogen-bond acceptors (Lipinski definition) is 3. The molecule has 4 rings (SSSR count). The van der Waals surface area contributed by atoms with Gasteiger partial charge in [-0.05, 0) is 38.8 Å². The monoisotopic (exact) mass is 279 g/mol. The lowest BCUT2D eigenvalue weighted by Gasteiger charge is -2.08. The Bertz CT molecular complexity index is 639. The van der Waals surface area contributed by atoms with E-state index in [1.54, 1.807) is 16.4 Å². The van der Waals surface area contributed by atoms with Crippen molar-refractivity contribution in [3.63, 3.8) is 0 Å². The molecule has 5 heteroatoms. The van der Waals surface area contributed by atoms with Crippen molar-refractivity contribution in [1.29, 1.82) is 0 Å². The van der Waals surface area contributed by atoms with Gasteiger partial charge in [-0.1, -0.05) is 17.7 Å². The van der Waals surface area contributed by atoms with Gasteiger partial charge in [-0.15, -0.1) is 0 Å². The quantitative estimate of drug-likeness (QED) is 0.774. The van der Waals surface area contributed by atoms with Crippen molar-refractivity contribution in [1.82, 2.24) is 4.31 Å². The molecule has 3 aliphatic rings. The Morgan fingerprint density at radius 1 is 1.26 bits per heavy atom. The molecule has 1 aliphatic carbocycles. The van der Waals surface area contributed by atoms with Gasteiger partial charge in [0.25, 0.3) is 0 Å².